The van der Waals surface area contributed by atoms with Crippen LogP contribution in [0.1, 0.15) is 53.4 Å². The molecule has 0 atom stereocenters. The summed E-state index contributed by atoms with van der Waals surface area (Å²) in [4.78, 5) is 123. The summed E-state index contributed by atoms with van der Waals surface area (Å²) in [5.41, 5.74) is 0.397. The molecule has 4 aromatic heterocycles. The summed E-state index contributed by atoms with van der Waals surface area (Å²) in [5, 5.41) is 18.3. The highest BCUT2D eigenvalue weighted by atomic mass is 16.6. The first-order chi connectivity index (χ1) is 34.0. The van der Waals surface area contributed by atoms with Crippen molar-refractivity contribution >= 4 is 47.8 Å². The number of carbonyl (C=O) groups excluding carboxylic acids is 8. The predicted molar refractivity (Wildman–Crippen MR) is 250 cm³/mol. The molecule has 0 saturated heterocycles. The number of carbonyl (C=O) groups is 8. The van der Waals surface area contributed by atoms with Gasteiger partial charge in [0, 0.05) is 52.9 Å². The van der Waals surface area contributed by atoms with Gasteiger partial charge in [0.05, 0.1) is 31.9 Å². The number of hydrogen-bond acceptors (Lipinski definition) is 22. The maximum atomic E-state index is 11.3. The smallest absolute Gasteiger partial charge is 0.333 e. The molecule has 72 heavy (non-hydrogen) atoms. The van der Waals surface area contributed by atoms with Crippen molar-refractivity contribution in [3.8, 4) is 34.9 Å². The average Bonchev–Trinajstić information content (AvgIpc) is 3.31. The molecule has 4 aromatic rings. The quantitative estimate of drug-likeness (QED) is 0.0552. The SMILES string of the molecule is C=C(C)C(=O)OCCC(=O)Oc1ccc(=O)[nH]c1.C=C(C)C(=O)OCCC(=O)Oc1ccc(O)cn1.C=C(C)C(=O)OCCC(=O)Oc1cccc(=O)[nH]1.C=C(C)C(=O)OCCC(=O)Oc1ncccc1O. The standard InChI is InChI=1S/4C12H13NO5/c1-8(2)12(16)17-6-5-11(15)18-9-3-4-10(14)13-7-9;1-8(2)12(16)17-6-5-11(15)18-10-4-3-9(14)7-13-10;1-8(2)12(16)17-7-5-10(15)18-11-9(14)4-3-6-13-11;1-8(2)12(16)17-7-6-11(15)18-10-5-3-4-9(14)13-10/h3-4,7H,1,5-6H2,2H3,(H,13,14);3-4,7,14H,1,5-6H2,2H3;3-4,6,14H,1,5,7H2,2H3;3-5H,1,6-7H2,2H3,(H,13,14). The highest BCUT2D eigenvalue weighted by Crippen LogP contribution is 2.21. The van der Waals surface area contributed by atoms with Gasteiger partial charge < -0.3 is 53.1 Å². The van der Waals surface area contributed by atoms with E-state index in [9.17, 15) is 53.1 Å². The maximum absolute atomic E-state index is 11.3. The molecule has 0 unspecified atom stereocenters. The maximum Gasteiger partial charge on any atom is 0.333 e. The molecule has 0 fully saturated rings. The molecule has 0 aliphatic carbocycles. The Hall–Kier alpha value is -9.48. The Balaban J connectivity index is 0.000000480. The molecule has 4 rings (SSSR count). The molecule has 0 aliphatic heterocycles. The summed E-state index contributed by atoms with van der Waals surface area (Å²) >= 11 is 0. The van der Waals surface area contributed by atoms with Crippen molar-refractivity contribution in [2.24, 2.45) is 0 Å². The lowest BCUT2D eigenvalue weighted by Gasteiger charge is -2.05. The summed E-state index contributed by atoms with van der Waals surface area (Å²) in [6, 6.07) is 12.4. The fourth-order valence-corrected chi connectivity index (χ4v) is 3.92. The van der Waals surface area contributed by atoms with Gasteiger partial charge in [0.2, 0.25) is 17.3 Å². The number of nitrogens with zero attached hydrogens (tertiary/aromatic N) is 2. The molecule has 0 spiro atoms. The van der Waals surface area contributed by atoms with Crippen LogP contribution in [0.3, 0.4) is 0 Å². The largest absolute Gasteiger partial charge is 0.506 e. The van der Waals surface area contributed by atoms with E-state index in [1.165, 1.54) is 94.7 Å². The molecule has 24 nitrogen and oxygen atoms in total. The molecule has 4 N–H and O–H groups in total. The highest BCUT2D eigenvalue weighted by molar-refractivity contribution is 5.88. The van der Waals surface area contributed by atoms with E-state index >= 15 is 0 Å². The fourth-order valence-electron chi connectivity index (χ4n) is 3.92. The summed E-state index contributed by atoms with van der Waals surface area (Å²) in [6.07, 6.45) is 3.43. The van der Waals surface area contributed by atoms with E-state index in [0.29, 0.717) is 0 Å². The minimum absolute atomic E-state index is 0.0230. The Morgan fingerprint density at radius 2 is 1.00 bits per heavy atom. The number of aromatic nitrogens is 4. The number of nitrogens with one attached hydrogen (secondary N) is 2. The average molecular weight is 1000 g/mol. The van der Waals surface area contributed by atoms with Crippen molar-refractivity contribution in [2.45, 2.75) is 53.4 Å². The third kappa shape index (κ3) is 28.0. The van der Waals surface area contributed by atoms with Crippen molar-refractivity contribution in [3.63, 3.8) is 0 Å². The van der Waals surface area contributed by atoms with Crippen LogP contribution < -0.4 is 30.1 Å². The molecule has 24 heteroatoms. The van der Waals surface area contributed by atoms with E-state index in [4.69, 9.17) is 43.0 Å². The molecule has 384 valence electrons. The zero-order chi connectivity index (χ0) is 54.2. The first-order valence-corrected chi connectivity index (χ1v) is 20.8. The minimum Gasteiger partial charge on any atom is -0.506 e. The second kappa shape index (κ2) is 33.1. The Morgan fingerprint density at radius 1 is 0.528 bits per heavy atom. The number of rotatable bonds is 20. The topological polar surface area (TPSA) is 342 Å². The van der Waals surface area contributed by atoms with Crippen molar-refractivity contribution < 1.29 is 86.5 Å². The number of ether oxygens (including phenoxy) is 8. The third-order valence-corrected chi connectivity index (χ3v) is 7.40. The first-order valence-electron chi connectivity index (χ1n) is 20.8. The second-order valence-electron chi connectivity index (χ2n) is 14.0. The van der Waals surface area contributed by atoms with Crippen LogP contribution in [-0.4, -0.2) is 104 Å². The number of H-pyrrole nitrogens is 2. The van der Waals surface area contributed by atoms with Crippen LogP contribution in [0.2, 0.25) is 0 Å². The first kappa shape index (κ1) is 60.5. The van der Waals surface area contributed by atoms with Crippen LogP contribution >= 0.6 is 0 Å². The molecular weight excluding hydrogens is 953 g/mol. The van der Waals surface area contributed by atoms with E-state index in [1.807, 2.05) is 0 Å². The molecular formula is C48H52N4O20. The molecule has 0 aromatic carbocycles. The van der Waals surface area contributed by atoms with Crippen molar-refractivity contribution in [2.75, 3.05) is 26.4 Å². The Kier molecular flexibility index (Phi) is 27.8. The Morgan fingerprint density at radius 3 is 1.42 bits per heavy atom. The number of pyridine rings is 4. The van der Waals surface area contributed by atoms with Gasteiger partial charge in [0.1, 0.15) is 37.9 Å². The van der Waals surface area contributed by atoms with E-state index in [1.54, 1.807) is 0 Å². The molecule has 0 bridgehead atoms. The van der Waals surface area contributed by atoms with Gasteiger partial charge in [-0.2, -0.15) is 0 Å². The molecule has 4 heterocycles. The summed E-state index contributed by atoms with van der Waals surface area (Å²) < 4.78 is 38.2. The van der Waals surface area contributed by atoms with Gasteiger partial charge in [0.15, 0.2) is 5.75 Å². The minimum atomic E-state index is -0.654. The van der Waals surface area contributed by atoms with Gasteiger partial charge in [-0.25, -0.2) is 29.1 Å². The van der Waals surface area contributed by atoms with Gasteiger partial charge in [-0.15, -0.1) is 0 Å². The second-order valence-corrected chi connectivity index (χ2v) is 14.0. The molecule has 0 radical (unpaired) electrons. The molecule has 0 saturated carbocycles. The van der Waals surface area contributed by atoms with Crippen molar-refractivity contribution in [1.29, 1.82) is 0 Å². The van der Waals surface area contributed by atoms with E-state index < -0.39 is 47.8 Å². The van der Waals surface area contributed by atoms with Gasteiger partial charge in [0.25, 0.3) is 11.4 Å². The predicted octanol–water partition coefficient (Wildman–Crippen LogP) is 3.98. The lowest BCUT2D eigenvalue weighted by molar-refractivity contribution is -0.144. The number of esters is 8. The van der Waals surface area contributed by atoms with Crippen LogP contribution in [0.15, 0.2) is 131 Å². The Bertz CT molecular complexity index is 2670. The fraction of sp³-hybridized carbons (Fsp3) is 0.250. The normalized spacial score (nSPS) is 9.61. The third-order valence-electron chi connectivity index (χ3n) is 7.40. The van der Waals surface area contributed by atoms with Crippen molar-refractivity contribution in [1.82, 2.24) is 19.9 Å². The van der Waals surface area contributed by atoms with E-state index in [0.717, 1.165) is 6.20 Å². The van der Waals surface area contributed by atoms with Crippen LogP contribution in [0.5, 0.6) is 34.9 Å². The summed E-state index contributed by atoms with van der Waals surface area (Å²) in [7, 11) is 0. The van der Waals surface area contributed by atoms with Crippen LogP contribution in [-0.2, 0) is 57.3 Å². The lowest BCUT2D eigenvalue weighted by Crippen LogP contribution is -2.16. The molecule has 0 aliphatic rings. The van der Waals surface area contributed by atoms with Crippen molar-refractivity contribution in [3.05, 3.63) is 143 Å². The lowest BCUT2D eigenvalue weighted by atomic mass is 10.3. The summed E-state index contributed by atoms with van der Waals surface area (Å²) in [6.45, 7) is 19.3. The van der Waals surface area contributed by atoms with Gasteiger partial charge in [-0.05, 0) is 58.0 Å². The zero-order valence-corrected chi connectivity index (χ0v) is 39.6. The summed E-state index contributed by atoms with van der Waals surface area (Å²) in [5.74, 6) is -4.70. The monoisotopic (exact) mass is 1000 g/mol. The number of aromatic hydroxyl groups is 2. The van der Waals surface area contributed by atoms with Crippen LogP contribution in [0.25, 0.3) is 0 Å². The number of hydrogen-bond donors (Lipinski definition) is 4. The highest BCUT2D eigenvalue weighted by Gasteiger charge is 2.13. The van der Waals surface area contributed by atoms with Gasteiger partial charge in [-0.1, -0.05) is 32.4 Å². The van der Waals surface area contributed by atoms with Gasteiger partial charge in [-0.3, -0.25) is 33.8 Å². The van der Waals surface area contributed by atoms with Gasteiger partial charge >= 0.3 is 47.8 Å². The van der Waals surface area contributed by atoms with E-state index in [-0.39, 0.29) is 120 Å². The van der Waals surface area contributed by atoms with E-state index in [2.05, 4.69) is 46.3 Å². The van der Waals surface area contributed by atoms with Crippen LogP contribution in [0.4, 0.5) is 0 Å². The molecule has 0 amide bonds. The number of aromatic amines is 2. The zero-order valence-electron chi connectivity index (χ0n) is 39.6. The Labute approximate surface area is 410 Å². The van der Waals surface area contributed by atoms with Crippen LogP contribution in [0, 0.1) is 0 Å².